The second kappa shape index (κ2) is 6.38. The Kier molecular flexibility index (Phi) is 4.14. The molecule has 2 aromatic rings. The van der Waals surface area contributed by atoms with Crippen LogP contribution in [0.4, 0.5) is 0 Å². The number of amidine groups is 1. The molecule has 2 aliphatic rings. The van der Waals surface area contributed by atoms with Crippen molar-refractivity contribution >= 4 is 11.6 Å². The van der Waals surface area contributed by atoms with Crippen molar-refractivity contribution in [3.8, 4) is 0 Å². The zero-order chi connectivity index (χ0) is 19.2. The number of allylic oxidation sites excluding steroid dienone is 1. The summed E-state index contributed by atoms with van der Waals surface area (Å²) in [5.74, 6) is 0.553. The molecule has 0 aromatic heterocycles. The summed E-state index contributed by atoms with van der Waals surface area (Å²) in [5.41, 5.74) is 3.05. The second-order valence-corrected chi connectivity index (χ2v) is 8.25. The van der Waals surface area contributed by atoms with E-state index in [0.717, 1.165) is 16.7 Å². The Morgan fingerprint density at radius 3 is 2.44 bits per heavy atom. The van der Waals surface area contributed by atoms with Crippen LogP contribution < -0.4 is 0 Å². The van der Waals surface area contributed by atoms with Gasteiger partial charge in [0.15, 0.2) is 5.78 Å². The van der Waals surface area contributed by atoms with Crippen molar-refractivity contribution in [2.75, 3.05) is 0 Å². The van der Waals surface area contributed by atoms with Gasteiger partial charge >= 0.3 is 0 Å². The third-order valence-corrected chi connectivity index (χ3v) is 5.47. The molecule has 0 fully saturated rings. The molecule has 1 aliphatic heterocycles. The van der Waals surface area contributed by atoms with Crippen LogP contribution >= 0.6 is 0 Å². The van der Waals surface area contributed by atoms with Gasteiger partial charge in [-0.15, -0.1) is 0 Å². The maximum Gasteiger partial charge on any atom is 0.165 e. The lowest BCUT2D eigenvalue weighted by molar-refractivity contribution is -0.119. The molecule has 4 heteroatoms. The number of hydrogen-bond acceptors (Lipinski definition) is 3. The highest BCUT2D eigenvalue weighted by atomic mass is 16.3. The van der Waals surface area contributed by atoms with Gasteiger partial charge in [0.1, 0.15) is 11.6 Å². The van der Waals surface area contributed by atoms with Crippen LogP contribution in [-0.4, -0.2) is 21.6 Å². The minimum Gasteiger partial charge on any atom is -0.512 e. The van der Waals surface area contributed by atoms with E-state index in [0.29, 0.717) is 30.8 Å². The maximum absolute atomic E-state index is 13.0. The van der Waals surface area contributed by atoms with Gasteiger partial charge in [0.05, 0.1) is 11.6 Å². The number of nitrogens with one attached hydrogen (secondary N) is 1. The number of benzene rings is 2. The fourth-order valence-corrected chi connectivity index (χ4v) is 4.28. The van der Waals surface area contributed by atoms with E-state index >= 15 is 0 Å². The third kappa shape index (κ3) is 3.05. The molecular weight excluding hydrogens is 336 g/mol. The van der Waals surface area contributed by atoms with E-state index in [4.69, 9.17) is 5.41 Å². The van der Waals surface area contributed by atoms with Crippen LogP contribution in [-0.2, 0) is 11.3 Å². The number of carbonyl (C=O) groups excluding carboxylic acids is 1. The van der Waals surface area contributed by atoms with Crippen LogP contribution in [0, 0.1) is 10.8 Å². The number of rotatable bonds is 3. The molecule has 0 spiro atoms. The molecule has 2 N–H and O–H groups in total. The van der Waals surface area contributed by atoms with Gasteiger partial charge < -0.3 is 10.0 Å². The van der Waals surface area contributed by atoms with Crippen molar-refractivity contribution in [3.63, 3.8) is 0 Å². The smallest absolute Gasteiger partial charge is 0.165 e. The van der Waals surface area contributed by atoms with Crippen molar-refractivity contribution in [3.05, 3.63) is 82.6 Å². The molecule has 0 saturated carbocycles. The average molecular weight is 360 g/mol. The van der Waals surface area contributed by atoms with Gasteiger partial charge in [-0.3, -0.25) is 10.2 Å². The van der Waals surface area contributed by atoms with E-state index in [2.05, 4.69) is 0 Å². The molecule has 0 bridgehead atoms. The van der Waals surface area contributed by atoms with Gasteiger partial charge in [-0.05, 0) is 16.5 Å². The first-order valence-electron chi connectivity index (χ1n) is 9.31. The monoisotopic (exact) mass is 360 g/mol. The fraction of sp³-hybridized carbons (Fsp3) is 0.304. The minimum atomic E-state index is -0.405. The van der Waals surface area contributed by atoms with Gasteiger partial charge in [0.2, 0.25) is 0 Å². The number of carbonyl (C=O) groups is 1. The van der Waals surface area contributed by atoms with E-state index < -0.39 is 6.04 Å². The first-order valence-corrected chi connectivity index (χ1v) is 9.31. The van der Waals surface area contributed by atoms with Crippen molar-refractivity contribution in [1.82, 2.24) is 4.90 Å². The molecular formula is C23H24N2O2. The first kappa shape index (κ1) is 17.5. The molecule has 2 aromatic carbocycles. The van der Waals surface area contributed by atoms with Crippen LogP contribution in [0.2, 0.25) is 0 Å². The van der Waals surface area contributed by atoms with Crippen LogP contribution in [0.1, 0.15) is 49.4 Å². The van der Waals surface area contributed by atoms with E-state index in [1.165, 1.54) is 0 Å². The summed E-state index contributed by atoms with van der Waals surface area (Å²) in [7, 11) is 0. The molecule has 4 rings (SSSR count). The normalized spacial score (nSPS) is 21.6. The van der Waals surface area contributed by atoms with E-state index in [-0.39, 0.29) is 17.0 Å². The molecule has 1 unspecified atom stereocenters. The lowest BCUT2D eigenvalue weighted by Crippen LogP contribution is -2.35. The molecule has 0 saturated heterocycles. The Labute approximate surface area is 159 Å². The Balaban J connectivity index is 1.82. The van der Waals surface area contributed by atoms with Crippen molar-refractivity contribution in [2.24, 2.45) is 5.41 Å². The Bertz CT molecular complexity index is 944. The molecule has 1 aliphatic carbocycles. The molecule has 0 radical (unpaired) electrons. The summed E-state index contributed by atoms with van der Waals surface area (Å²) >= 11 is 0. The molecule has 138 valence electrons. The standard InChI is InChI=1S/C23H24N2O2/c1-23(2)12-18(26)20(19(27)13-23)21-16-10-6-7-11-17(16)22(24)25(21)14-15-8-4-3-5-9-15/h3-11,21,24,26H,12-14H2,1-2H3. The Morgan fingerprint density at radius 2 is 1.74 bits per heavy atom. The van der Waals surface area contributed by atoms with Gasteiger partial charge in [-0.2, -0.15) is 0 Å². The van der Waals surface area contributed by atoms with E-state index in [9.17, 15) is 9.90 Å². The van der Waals surface area contributed by atoms with Gasteiger partial charge in [0, 0.05) is 24.9 Å². The lowest BCUT2D eigenvalue weighted by atomic mass is 9.74. The van der Waals surface area contributed by atoms with E-state index in [1.54, 1.807) is 0 Å². The summed E-state index contributed by atoms with van der Waals surface area (Å²) in [6, 6.07) is 17.3. The number of aliphatic hydroxyl groups excluding tert-OH is 1. The number of nitrogens with zero attached hydrogens (tertiary/aromatic N) is 1. The highest BCUT2D eigenvalue weighted by molar-refractivity contribution is 6.06. The minimum absolute atomic E-state index is 0.0173. The number of hydrogen-bond donors (Lipinski definition) is 2. The van der Waals surface area contributed by atoms with E-state index in [1.807, 2.05) is 73.3 Å². The van der Waals surface area contributed by atoms with Crippen molar-refractivity contribution in [2.45, 2.75) is 39.3 Å². The number of fused-ring (bicyclic) bond motifs is 1. The number of Topliss-reactive ketones (excluding diaryl/α,β-unsaturated/α-hetero) is 1. The van der Waals surface area contributed by atoms with Crippen LogP contribution in [0.3, 0.4) is 0 Å². The molecule has 4 nitrogen and oxygen atoms in total. The quantitative estimate of drug-likeness (QED) is 0.829. The Hall–Kier alpha value is -2.88. The summed E-state index contributed by atoms with van der Waals surface area (Å²) in [5, 5.41) is 19.5. The second-order valence-electron chi connectivity index (χ2n) is 8.25. The maximum atomic E-state index is 13.0. The highest BCUT2D eigenvalue weighted by Gasteiger charge is 2.43. The Morgan fingerprint density at radius 1 is 1.07 bits per heavy atom. The third-order valence-electron chi connectivity index (χ3n) is 5.47. The SMILES string of the molecule is CC1(C)CC(=O)C(C2c3ccccc3C(=N)N2Cc2ccccc2)=C(O)C1. The predicted molar refractivity (Wildman–Crippen MR) is 106 cm³/mol. The number of ketones is 1. The van der Waals surface area contributed by atoms with Crippen LogP contribution in [0.5, 0.6) is 0 Å². The molecule has 1 heterocycles. The predicted octanol–water partition coefficient (Wildman–Crippen LogP) is 4.77. The largest absolute Gasteiger partial charge is 0.512 e. The summed E-state index contributed by atoms with van der Waals surface area (Å²) < 4.78 is 0. The topological polar surface area (TPSA) is 64.4 Å². The average Bonchev–Trinajstić information content (AvgIpc) is 2.88. The van der Waals surface area contributed by atoms with Gasteiger partial charge in [-0.1, -0.05) is 68.4 Å². The fourth-order valence-electron chi connectivity index (χ4n) is 4.28. The van der Waals surface area contributed by atoms with Crippen LogP contribution in [0.25, 0.3) is 0 Å². The molecule has 0 amide bonds. The lowest BCUT2D eigenvalue weighted by Gasteiger charge is -2.35. The van der Waals surface area contributed by atoms with Gasteiger partial charge in [-0.25, -0.2) is 0 Å². The van der Waals surface area contributed by atoms with Crippen molar-refractivity contribution < 1.29 is 9.90 Å². The first-order chi connectivity index (χ1) is 12.9. The molecule has 1 atom stereocenters. The zero-order valence-corrected chi connectivity index (χ0v) is 15.7. The highest BCUT2D eigenvalue weighted by Crippen LogP contribution is 2.46. The summed E-state index contributed by atoms with van der Waals surface area (Å²) in [4.78, 5) is 14.9. The summed E-state index contributed by atoms with van der Waals surface area (Å²) in [6.07, 6.45) is 0.900. The summed E-state index contributed by atoms with van der Waals surface area (Å²) in [6.45, 7) is 4.53. The number of aliphatic hydroxyl groups is 1. The zero-order valence-electron chi connectivity index (χ0n) is 15.7. The van der Waals surface area contributed by atoms with Gasteiger partial charge in [0.25, 0.3) is 0 Å². The molecule has 27 heavy (non-hydrogen) atoms. The van der Waals surface area contributed by atoms with Crippen molar-refractivity contribution in [1.29, 1.82) is 5.41 Å². The van der Waals surface area contributed by atoms with Crippen LogP contribution in [0.15, 0.2) is 65.9 Å².